The smallest absolute Gasteiger partial charge is 0.0776 e. The molecule has 7 aromatic carbocycles. The fourth-order valence-electron chi connectivity index (χ4n) is 11.6. The summed E-state index contributed by atoms with van der Waals surface area (Å²) in [5.74, 6) is 0.193. The molecule has 1 aliphatic heterocycles. The first-order chi connectivity index (χ1) is 33.3. The van der Waals surface area contributed by atoms with Gasteiger partial charge in [0.2, 0.25) is 0 Å². The molecule has 2 bridgehead atoms. The molecule has 4 aliphatic rings. The third kappa shape index (κ3) is 7.70. The summed E-state index contributed by atoms with van der Waals surface area (Å²) in [6.07, 6.45) is 23.0. The topological polar surface area (TPSA) is 6.48 Å². The van der Waals surface area contributed by atoms with Crippen molar-refractivity contribution in [3.8, 4) is 22.3 Å². The third-order valence-corrected chi connectivity index (χ3v) is 19.4. The van der Waals surface area contributed by atoms with Crippen LogP contribution >= 0.6 is 10.0 Å². The summed E-state index contributed by atoms with van der Waals surface area (Å²) in [6, 6.07) is 53.6. The zero-order valence-electron chi connectivity index (χ0n) is 43.3. The predicted molar refractivity (Wildman–Crippen MR) is 310 cm³/mol. The monoisotopic (exact) mass is 948 g/mol. The van der Waals surface area contributed by atoms with E-state index in [0.29, 0.717) is 0 Å². The van der Waals surface area contributed by atoms with Gasteiger partial charge in [-0.3, -0.25) is 0 Å². The molecular formula is C66H68N2SSi. The van der Waals surface area contributed by atoms with Crippen LogP contribution in [0.1, 0.15) is 66.6 Å². The van der Waals surface area contributed by atoms with Crippen LogP contribution in [0.3, 0.4) is 0 Å². The molecule has 2 atom stereocenters. The summed E-state index contributed by atoms with van der Waals surface area (Å²) >= 11 is 0. The van der Waals surface area contributed by atoms with E-state index in [9.17, 15) is 0 Å². The van der Waals surface area contributed by atoms with Gasteiger partial charge in [-0.1, -0.05) is 186 Å². The van der Waals surface area contributed by atoms with Crippen LogP contribution in [0.2, 0.25) is 19.6 Å². The molecule has 3 aliphatic carbocycles. The van der Waals surface area contributed by atoms with Crippen LogP contribution in [0.5, 0.6) is 0 Å². The molecule has 0 N–H and O–H groups in total. The second kappa shape index (κ2) is 16.6. The molecule has 1 heterocycles. The molecule has 2 unspecified atom stereocenters. The number of aryl methyl sites for hydroxylation is 2. The standard InChI is InChI=1S/C66H68N2SSi/c1-43-35-54(69(7,8)9)29-33-58(43)67-60-38-47(45-19-15-13-16-20-45)23-25-49(60)37-50-26-24-48(46-21-17-14-18-22-46)39-61(50)68(59-34-30-55(36-44(59)2)70(10,11)12)63-42-62(67)56-31-27-51-40-53(65(3,4)5)41-52-28-32-57(63)64(56)66(51,52)6/h13-36,38-42,52H,37H2,1-12H3. The van der Waals surface area contributed by atoms with Crippen LogP contribution in [0.4, 0.5) is 34.1 Å². The summed E-state index contributed by atoms with van der Waals surface area (Å²) in [5, 5.41) is 1.48. The Labute approximate surface area is 421 Å². The molecule has 352 valence electrons. The Morgan fingerprint density at radius 3 is 1.61 bits per heavy atom. The van der Waals surface area contributed by atoms with E-state index in [4.69, 9.17) is 0 Å². The summed E-state index contributed by atoms with van der Waals surface area (Å²) in [4.78, 5) is 6.75. The van der Waals surface area contributed by atoms with Crippen molar-refractivity contribution in [3.05, 3.63) is 214 Å². The predicted octanol–water partition coefficient (Wildman–Crippen LogP) is 17.9. The van der Waals surface area contributed by atoms with Crippen LogP contribution in [-0.2, 0) is 11.8 Å². The van der Waals surface area contributed by atoms with Crippen LogP contribution < -0.4 is 15.0 Å². The highest BCUT2D eigenvalue weighted by Gasteiger charge is 2.48. The molecule has 0 aromatic heterocycles. The average Bonchev–Trinajstić information content (AvgIpc) is 3.32. The third-order valence-electron chi connectivity index (χ3n) is 15.7. The Bertz CT molecular complexity index is 3390. The van der Waals surface area contributed by atoms with E-state index in [1.54, 1.807) is 0 Å². The van der Waals surface area contributed by atoms with Crippen molar-refractivity contribution in [1.29, 1.82) is 0 Å². The lowest BCUT2D eigenvalue weighted by Gasteiger charge is -2.49. The second-order valence-electron chi connectivity index (χ2n) is 23.3. The van der Waals surface area contributed by atoms with Gasteiger partial charge in [-0.2, -0.15) is 0 Å². The maximum Gasteiger partial charge on any atom is 0.0776 e. The Morgan fingerprint density at radius 2 is 1.10 bits per heavy atom. The highest BCUT2D eigenvalue weighted by molar-refractivity contribution is 8.32. The molecule has 2 nitrogen and oxygen atoms in total. The number of anilines is 6. The number of hydrogen-bond acceptors (Lipinski definition) is 2. The van der Waals surface area contributed by atoms with E-state index in [0.717, 1.165) is 6.42 Å². The van der Waals surface area contributed by atoms with Gasteiger partial charge in [0.25, 0.3) is 0 Å². The van der Waals surface area contributed by atoms with Crippen LogP contribution in [0.15, 0.2) is 180 Å². The van der Waals surface area contributed by atoms with Crippen molar-refractivity contribution in [3.63, 3.8) is 0 Å². The minimum atomic E-state index is -1.63. The maximum absolute atomic E-state index is 2.67. The lowest BCUT2D eigenvalue weighted by Crippen LogP contribution is -2.40. The van der Waals surface area contributed by atoms with Crippen molar-refractivity contribution >= 4 is 69.6 Å². The molecule has 7 aromatic rings. The molecular weight excluding hydrogens is 881 g/mol. The quantitative estimate of drug-likeness (QED) is 0.153. The summed E-state index contributed by atoms with van der Waals surface area (Å²) in [7, 11) is -2.60. The number of rotatable bonds is 6. The average molecular weight is 949 g/mol. The SMILES string of the molecule is Cc1cc([Si](C)(C)C)ccc1N1c2cc(-c3ccccc3)ccc2Cc2ccc(-c3ccccc3)cc2N(c2ccc(S(C)(C)C)cc2C)c2cc1c1c3c2C=CC2=CC(C(C)(C)C)=CC(C=C1)C23C. The lowest BCUT2D eigenvalue weighted by molar-refractivity contribution is 0.439. The van der Waals surface area contributed by atoms with Crippen molar-refractivity contribution < 1.29 is 0 Å². The molecule has 0 saturated heterocycles. The van der Waals surface area contributed by atoms with E-state index < -0.39 is 18.1 Å². The van der Waals surface area contributed by atoms with E-state index in [1.807, 2.05) is 0 Å². The van der Waals surface area contributed by atoms with E-state index in [2.05, 4.69) is 266 Å². The molecule has 0 amide bonds. The molecule has 0 fully saturated rings. The summed E-state index contributed by atoms with van der Waals surface area (Å²) < 4.78 is 0. The molecule has 70 heavy (non-hydrogen) atoms. The lowest BCUT2D eigenvalue weighted by atomic mass is 9.56. The molecule has 11 rings (SSSR count). The van der Waals surface area contributed by atoms with Crippen molar-refractivity contribution in [2.45, 2.75) is 77.9 Å². The fourth-order valence-corrected chi connectivity index (χ4v) is 13.8. The van der Waals surface area contributed by atoms with Gasteiger partial charge in [-0.25, -0.2) is 10.0 Å². The van der Waals surface area contributed by atoms with Gasteiger partial charge >= 0.3 is 0 Å². The van der Waals surface area contributed by atoms with Crippen molar-refractivity contribution in [2.24, 2.45) is 11.3 Å². The van der Waals surface area contributed by atoms with Gasteiger partial charge in [0.05, 0.1) is 30.8 Å². The fraction of sp³-hybridized carbons (Fsp3) is 0.242. The van der Waals surface area contributed by atoms with Gasteiger partial charge in [0, 0.05) is 40.3 Å². The first-order valence-electron chi connectivity index (χ1n) is 25.2. The first-order valence-corrected chi connectivity index (χ1v) is 31.5. The van der Waals surface area contributed by atoms with Gasteiger partial charge in [0.1, 0.15) is 0 Å². The number of hydrogen-bond donors (Lipinski definition) is 0. The Kier molecular flexibility index (Phi) is 11.0. The number of allylic oxidation sites excluding steroid dienone is 6. The van der Waals surface area contributed by atoms with E-state index >= 15 is 0 Å². The second-order valence-corrected chi connectivity index (χ2v) is 32.5. The van der Waals surface area contributed by atoms with Crippen molar-refractivity contribution in [1.82, 2.24) is 0 Å². The highest BCUT2D eigenvalue weighted by Crippen LogP contribution is 2.60. The highest BCUT2D eigenvalue weighted by atomic mass is 32.3. The summed E-state index contributed by atoms with van der Waals surface area (Å²) in [5.41, 5.74) is 23.8. The molecule has 4 heteroatoms. The zero-order chi connectivity index (χ0) is 49.1. The van der Waals surface area contributed by atoms with Gasteiger partial charge < -0.3 is 9.80 Å². The number of nitrogens with zero attached hydrogens (tertiary/aromatic N) is 2. The van der Waals surface area contributed by atoms with Crippen LogP contribution in [-0.4, -0.2) is 26.8 Å². The molecule has 0 spiro atoms. The Morgan fingerprint density at radius 1 is 0.557 bits per heavy atom. The van der Waals surface area contributed by atoms with Crippen molar-refractivity contribution in [2.75, 3.05) is 28.6 Å². The molecule has 0 saturated carbocycles. The molecule has 0 radical (unpaired) electrons. The first kappa shape index (κ1) is 46.1. The minimum Gasteiger partial charge on any atom is -0.309 e. The minimum absolute atomic E-state index is 0.0204. The van der Waals surface area contributed by atoms with Gasteiger partial charge in [-0.05, 0) is 147 Å². The number of fused-ring (bicyclic) bond motifs is 6. The van der Waals surface area contributed by atoms with Gasteiger partial charge in [-0.15, -0.1) is 0 Å². The van der Waals surface area contributed by atoms with E-state index in [-0.39, 0.29) is 16.7 Å². The Hall–Kier alpha value is -6.33. The maximum atomic E-state index is 2.67. The van der Waals surface area contributed by atoms with Crippen LogP contribution in [0.25, 0.3) is 34.4 Å². The summed E-state index contributed by atoms with van der Waals surface area (Å²) in [6.45, 7) is 21.7. The Balaban J connectivity index is 1.31. The van der Waals surface area contributed by atoms with Gasteiger partial charge in [0.15, 0.2) is 0 Å². The zero-order valence-corrected chi connectivity index (χ0v) is 45.1. The van der Waals surface area contributed by atoms with E-state index in [1.165, 1.54) is 117 Å². The van der Waals surface area contributed by atoms with Crippen LogP contribution in [0, 0.1) is 25.2 Å². The largest absolute Gasteiger partial charge is 0.309 e. The normalized spacial score (nSPS) is 18.4. The number of benzene rings is 7.